The Morgan fingerprint density at radius 2 is 1.55 bits per heavy atom. The molecule has 186 valence electrons. The Bertz CT molecular complexity index is 826. The van der Waals surface area contributed by atoms with Crippen molar-refractivity contribution in [2.45, 2.75) is 109 Å². The molecule has 8 heteroatoms. The van der Waals surface area contributed by atoms with Crippen molar-refractivity contribution < 1.29 is 23.4 Å². The molecule has 0 unspecified atom stereocenters. The number of benzene rings is 1. The molecular formula is C25H43NO5Si2. The van der Waals surface area contributed by atoms with Crippen LogP contribution in [-0.4, -0.2) is 52.4 Å². The topological polar surface area (TPSA) is 80.9 Å². The zero-order valence-electron chi connectivity index (χ0n) is 22.1. The Morgan fingerprint density at radius 3 is 2.03 bits per heavy atom. The fourth-order valence-electron chi connectivity index (χ4n) is 3.05. The van der Waals surface area contributed by atoms with Gasteiger partial charge in [0.2, 0.25) is 5.60 Å². The van der Waals surface area contributed by atoms with E-state index in [0.29, 0.717) is 6.61 Å². The molecule has 0 spiro atoms. The number of nitrogens with zero attached hydrogens (tertiary/aromatic N) is 1. The van der Waals surface area contributed by atoms with Crippen LogP contribution in [0.15, 0.2) is 30.3 Å². The van der Waals surface area contributed by atoms with E-state index in [0.717, 1.165) is 5.56 Å². The lowest BCUT2D eigenvalue weighted by molar-refractivity contribution is -0.172. The van der Waals surface area contributed by atoms with Crippen LogP contribution in [0, 0.1) is 11.3 Å². The summed E-state index contributed by atoms with van der Waals surface area (Å²) in [5, 5.41) is 21.6. The molecule has 1 aromatic rings. The molecular weight excluding hydrogens is 450 g/mol. The average Bonchev–Trinajstić information content (AvgIpc) is 2.95. The van der Waals surface area contributed by atoms with Crippen molar-refractivity contribution in [1.29, 1.82) is 5.26 Å². The number of ether oxygens (including phenoxy) is 2. The number of nitriles is 1. The van der Waals surface area contributed by atoms with Gasteiger partial charge >= 0.3 is 0 Å². The second-order valence-electron chi connectivity index (χ2n) is 12.1. The standard InChI is InChI=1S/C25H43NO5Si2/c1-23(2,3)32(7,8)29-17-20-25(27,18-26)21(31-33(9,10)24(4,5)6)22(30-20)28-16-19-14-12-11-13-15-19/h11-15,20-22,27H,16-17H2,1-10H3/t20-,21+,22-,25+/m1/s1. The molecule has 2 rings (SSSR count). The van der Waals surface area contributed by atoms with Gasteiger partial charge in [-0.25, -0.2) is 0 Å². The first-order chi connectivity index (χ1) is 14.9. The van der Waals surface area contributed by atoms with Crippen LogP contribution in [0.25, 0.3) is 0 Å². The molecule has 1 saturated heterocycles. The molecule has 0 radical (unpaired) electrons. The van der Waals surface area contributed by atoms with E-state index in [1.807, 2.05) is 30.3 Å². The third-order valence-electron chi connectivity index (χ3n) is 7.54. The van der Waals surface area contributed by atoms with Gasteiger partial charge in [-0.1, -0.05) is 71.9 Å². The molecule has 0 aromatic heterocycles. The molecule has 33 heavy (non-hydrogen) atoms. The Kier molecular flexibility index (Phi) is 8.45. The number of hydrogen-bond acceptors (Lipinski definition) is 6. The Labute approximate surface area is 202 Å². The lowest BCUT2D eigenvalue weighted by Gasteiger charge is -2.41. The van der Waals surface area contributed by atoms with Crippen LogP contribution in [0.2, 0.25) is 36.3 Å². The van der Waals surface area contributed by atoms with E-state index < -0.39 is 40.7 Å². The fourth-order valence-corrected chi connectivity index (χ4v) is 5.33. The molecule has 0 amide bonds. The van der Waals surface area contributed by atoms with Crippen LogP contribution in [0.3, 0.4) is 0 Å². The molecule has 0 bridgehead atoms. The van der Waals surface area contributed by atoms with Crippen molar-refractivity contribution >= 4 is 16.6 Å². The first-order valence-electron chi connectivity index (χ1n) is 11.7. The van der Waals surface area contributed by atoms with Crippen molar-refractivity contribution in [3.05, 3.63) is 35.9 Å². The number of hydrogen-bond donors (Lipinski definition) is 1. The summed E-state index contributed by atoms with van der Waals surface area (Å²) >= 11 is 0. The van der Waals surface area contributed by atoms with Gasteiger partial charge in [-0.05, 0) is 41.8 Å². The predicted molar refractivity (Wildman–Crippen MR) is 136 cm³/mol. The maximum absolute atomic E-state index is 11.6. The highest BCUT2D eigenvalue weighted by Crippen LogP contribution is 2.44. The Balaban J connectivity index is 2.32. The first-order valence-corrected chi connectivity index (χ1v) is 17.5. The lowest BCUT2D eigenvalue weighted by Crippen LogP contribution is -2.56. The largest absolute Gasteiger partial charge is 0.414 e. The van der Waals surface area contributed by atoms with E-state index in [4.69, 9.17) is 18.3 Å². The summed E-state index contributed by atoms with van der Waals surface area (Å²) in [5.41, 5.74) is -0.896. The van der Waals surface area contributed by atoms with Gasteiger partial charge in [0.25, 0.3) is 0 Å². The summed E-state index contributed by atoms with van der Waals surface area (Å²) in [4.78, 5) is 0. The van der Waals surface area contributed by atoms with E-state index in [2.05, 4.69) is 73.8 Å². The van der Waals surface area contributed by atoms with Crippen molar-refractivity contribution in [2.24, 2.45) is 0 Å². The van der Waals surface area contributed by atoms with E-state index in [-0.39, 0.29) is 16.7 Å². The van der Waals surface area contributed by atoms with Crippen LogP contribution in [0.4, 0.5) is 0 Å². The van der Waals surface area contributed by atoms with Crippen LogP contribution < -0.4 is 0 Å². The van der Waals surface area contributed by atoms with Gasteiger partial charge in [-0.3, -0.25) is 0 Å². The Hall–Kier alpha value is -1.06. The van der Waals surface area contributed by atoms with Gasteiger partial charge in [0, 0.05) is 0 Å². The van der Waals surface area contributed by atoms with E-state index in [1.165, 1.54) is 0 Å². The molecule has 1 fully saturated rings. The molecule has 1 N–H and O–H groups in total. The molecule has 4 atom stereocenters. The van der Waals surface area contributed by atoms with Crippen molar-refractivity contribution in [3.63, 3.8) is 0 Å². The van der Waals surface area contributed by atoms with Crippen molar-refractivity contribution in [2.75, 3.05) is 6.61 Å². The third kappa shape index (κ3) is 6.34. The lowest BCUT2D eigenvalue weighted by atomic mass is 9.95. The van der Waals surface area contributed by atoms with Gasteiger partial charge in [0.05, 0.1) is 13.2 Å². The maximum Gasteiger partial charge on any atom is 0.209 e. The van der Waals surface area contributed by atoms with Gasteiger partial charge in [0.1, 0.15) is 18.3 Å². The van der Waals surface area contributed by atoms with Gasteiger partial charge in [0.15, 0.2) is 22.9 Å². The SMILES string of the molecule is CC(C)(C)[Si](C)(C)OC[C@H]1O[C@@H](OCc2ccccc2)[C@H](O[Si](C)(C)C(C)(C)C)[C@]1(O)C#N. The molecule has 1 aliphatic rings. The minimum absolute atomic E-state index is 0.00336. The quantitative estimate of drug-likeness (QED) is 0.375. The minimum Gasteiger partial charge on any atom is -0.414 e. The number of rotatable bonds is 8. The predicted octanol–water partition coefficient (Wildman–Crippen LogP) is 5.59. The Morgan fingerprint density at radius 1 is 1.00 bits per heavy atom. The summed E-state index contributed by atoms with van der Waals surface area (Å²) < 4.78 is 25.2. The zero-order valence-corrected chi connectivity index (χ0v) is 24.1. The van der Waals surface area contributed by atoms with Crippen molar-refractivity contribution in [3.8, 4) is 6.07 Å². The average molecular weight is 494 g/mol. The smallest absolute Gasteiger partial charge is 0.209 e. The second-order valence-corrected chi connectivity index (χ2v) is 21.7. The summed E-state index contributed by atoms with van der Waals surface area (Å²) in [6.45, 7) is 21.7. The van der Waals surface area contributed by atoms with E-state index in [9.17, 15) is 10.4 Å². The molecule has 0 saturated carbocycles. The van der Waals surface area contributed by atoms with Crippen LogP contribution in [0.1, 0.15) is 47.1 Å². The van der Waals surface area contributed by atoms with E-state index >= 15 is 0 Å². The molecule has 1 aromatic carbocycles. The summed E-state index contributed by atoms with van der Waals surface area (Å²) in [6.07, 6.45) is -2.68. The molecule has 6 nitrogen and oxygen atoms in total. The number of aliphatic hydroxyl groups is 1. The highest BCUT2D eigenvalue weighted by atomic mass is 28.4. The first kappa shape index (κ1) is 28.2. The second kappa shape index (κ2) is 9.90. The van der Waals surface area contributed by atoms with Gasteiger partial charge in [-0.2, -0.15) is 5.26 Å². The summed E-state index contributed by atoms with van der Waals surface area (Å²) in [6, 6.07) is 11.9. The van der Waals surface area contributed by atoms with Crippen LogP contribution in [-0.2, 0) is 24.9 Å². The highest BCUT2D eigenvalue weighted by molar-refractivity contribution is 6.74. The normalized spacial score (nSPS) is 26.9. The maximum atomic E-state index is 11.6. The summed E-state index contributed by atoms with van der Waals surface area (Å²) in [5.74, 6) is 0. The molecule has 0 aliphatic carbocycles. The minimum atomic E-state index is -2.35. The van der Waals surface area contributed by atoms with Crippen molar-refractivity contribution in [1.82, 2.24) is 0 Å². The summed E-state index contributed by atoms with van der Waals surface area (Å²) in [7, 11) is -4.46. The monoisotopic (exact) mass is 493 g/mol. The van der Waals surface area contributed by atoms with E-state index in [1.54, 1.807) is 0 Å². The van der Waals surface area contributed by atoms with Gasteiger partial charge < -0.3 is 23.4 Å². The van der Waals surface area contributed by atoms with Gasteiger partial charge in [-0.15, -0.1) is 0 Å². The van der Waals surface area contributed by atoms with Crippen LogP contribution >= 0.6 is 0 Å². The molecule has 1 aliphatic heterocycles. The molecule has 1 heterocycles. The fraction of sp³-hybridized carbons (Fsp3) is 0.720. The zero-order chi connectivity index (χ0) is 25.3. The highest BCUT2D eigenvalue weighted by Gasteiger charge is 2.60. The van der Waals surface area contributed by atoms with Crippen LogP contribution in [0.5, 0.6) is 0 Å². The third-order valence-corrected chi connectivity index (χ3v) is 16.5.